The van der Waals surface area contributed by atoms with Gasteiger partial charge in [0.15, 0.2) is 5.84 Å². The van der Waals surface area contributed by atoms with Crippen molar-refractivity contribution in [3.8, 4) is 0 Å². The van der Waals surface area contributed by atoms with E-state index in [-0.39, 0.29) is 11.7 Å². The molecule has 0 heterocycles. The summed E-state index contributed by atoms with van der Waals surface area (Å²) >= 11 is 0. The molecule has 0 aromatic rings. The molecule has 1 amide bonds. The second kappa shape index (κ2) is 6.41. The van der Waals surface area contributed by atoms with Gasteiger partial charge in [-0.2, -0.15) is 0 Å². The van der Waals surface area contributed by atoms with Crippen molar-refractivity contribution in [1.82, 2.24) is 5.32 Å². The summed E-state index contributed by atoms with van der Waals surface area (Å²) in [6.45, 7) is 0.939. The minimum absolute atomic E-state index is 0.120. The Labute approximate surface area is 70.6 Å². The van der Waals surface area contributed by atoms with Crippen LogP contribution in [0.5, 0.6) is 0 Å². The highest BCUT2D eigenvalue weighted by Gasteiger charge is 1.94. The molecule has 0 aromatic heterocycles. The van der Waals surface area contributed by atoms with E-state index in [1.54, 1.807) is 0 Å². The fourth-order valence-electron chi connectivity index (χ4n) is 0.639. The summed E-state index contributed by atoms with van der Waals surface area (Å²) in [5.41, 5.74) is 10.1. The molecule has 0 saturated carbocycles. The Morgan fingerprint density at radius 1 is 1.50 bits per heavy atom. The first-order valence-corrected chi connectivity index (χ1v) is 3.62. The summed E-state index contributed by atoms with van der Waals surface area (Å²) in [6.07, 6.45) is 1.01. The number of nitrogens with zero attached hydrogens (tertiary/aromatic N) is 1. The number of carbonyl (C=O) groups is 1. The first-order chi connectivity index (χ1) is 5.66. The lowest BCUT2D eigenvalue weighted by Crippen LogP contribution is -2.30. The summed E-state index contributed by atoms with van der Waals surface area (Å²) in [5, 5.41) is 13.8. The van der Waals surface area contributed by atoms with Gasteiger partial charge >= 0.3 is 0 Å². The number of amides is 1. The van der Waals surface area contributed by atoms with Crippen molar-refractivity contribution < 1.29 is 10.0 Å². The van der Waals surface area contributed by atoms with Gasteiger partial charge in [-0.15, -0.1) is 0 Å². The van der Waals surface area contributed by atoms with Gasteiger partial charge in [-0.3, -0.25) is 4.79 Å². The molecule has 6 heteroatoms. The molecule has 0 aromatic carbocycles. The highest BCUT2D eigenvalue weighted by Crippen LogP contribution is 1.83. The van der Waals surface area contributed by atoms with Crippen LogP contribution in [0.4, 0.5) is 0 Å². The molecule has 0 spiro atoms. The lowest BCUT2D eigenvalue weighted by atomic mass is 10.3. The van der Waals surface area contributed by atoms with E-state index in [1.165, 1.54) is 0 Å². The summed E-state index contributed by atoms with van der Waals surface area (Å²) in [6, 6.07) is 0. The van der Waals surface area contributed by atoms with Gasteiger partial charge < -0.3 is 22.0 Å². The van der Waals surface area contributed by atoms with E-state index in [0.29, 0.717) is 25.9 Å². The quantitative estimate of drug-likeness (QED) is 0.130. The number of rotatable bonds is 6. The van der Waals surface area contributed by atoms with Gasteiger partial charge in [0.05, 0.1) is 6.54 Å². The first kappa shape index (κ1) is 10.7. The van der Waals surface area contributed by atoms with Crippen molar-refractivity contribution in [2.75, 3.05) is 13.1 Å². The van der Waals surface area contributed by atoms with Gasteiger partial charge in [0.25, 0.3) is 0 Å². The van der Waals surface area contributed by atoms with Crippen molar-refractivity contribution in [2.24, 2.45) is 16.6 Å². The number of nitrogens with one attached hydrogen (secondary N) is 1. The van der Waals surface area contributed by atoms with Crippen LogP contribution < -0.4 is 16.8 Å². The number of amidine groups is 1. The molecule has 0 aliphatic rings. The van der Waals surface area contributed by atoms with Crippen LogP contribution >= 0.6 is 0 Å². The largest absolute Gasteiger partial charge is 0.409 e. The molecule has 0 saturated heterocycles. The molecule has 0 atom stereocenters. The first-order valence-electron chi connectivity index (χ1n) is 3.62. The maximum atomic E-state index is 10.3. The normalized spacial score (nSPS) is 11.5. The Kier molecular flexibility index (Phi) is 5.72. The number of oxime groups is 1. The van der Waals surface area contributed by atoms with Crippen LogP contribution in [0.25, 0.3) is 0 Å². The molecule has 0 bridgehead atoms. The van der Waals surface area contributed by atoms with Crippen LogP contribution in [-0.4, -0.2) is 30.0 Å². The predicted octanol–water partition coefficient (Wildman–Crippen LogP) is -1.41. The van der Waals surface area contributed by atoms with Crippen LogP contribution in [0.1, 0.15) is 12.8 Å². The fraction of sp³-hybridized carbons (Fsp3) is 0.667. The maximum absolute atomic E-state index is 10.3. The Balaban J connectivity index is 3.16. The Bertz CT molecular complexity index is 169. The van der Waals surface area contributed by atoms with Gasteiger partial charge in [-0.1, -0.05) is 5.16 Å². The standard InChI is InChI=1S/C6H14N4O2/c7-5(10-12)4-9-3-1-2-6(8)11/h9,12H,1-4H2,(H2,7,10)(H2,8,11). The van der Waals surface area contributed by atoms with Gasteiger partial charge in [0, 0.05) is 6.42 Å². The zero-order valence-electron chi connectivity index (χ0n) is 6.79. The summed E-state index contributed by atoms with van der Waals surface area (Å²) < 4.78 is 0. The van der Waals surface area contributed by atoms with Gasteiger partial charge in [-0.25, -0.2) is 0 Å². The van der Waals surface area contributed by atoms with Crippen molar-refractivity contribution >= 4 is 11.7 Å². The van der Waals surface area contributed by atoms with Crippen molar-refractivity contribution in [2.45, 2.75) is 12.8 Å². The van der Waals surface area contributed by atoms with Crippen LogP contribution in [-0.2, 0) is 4.79 Å². The summed E-state index contributed by atoms with van der Waals surface area (Å²) in [5.74, 6) is -0.199. The second-order valence-corrected chi connectivity index (χ2v) is 2.34. The lowest BCUT2D eigenvalue weighted by Gasteiger charge is -2.00. The number of hydrogen-bond acceptors (Lipinski definition) is 4. The van der Waals surface area contributed by atoms with E-state index >= 15 is 0 Å². The van der Waals surface area contributed by atoms with Crippen molar-refractivity contribution in [3.05, 3.63) is 0 Å². The molecule has 0 aliphatic heterocycles. The van der Waals surface area contributed by atoms with Crippen LogP contribution in [0.2, 0.25) is 0 Å². The smallest absolute Gasteiger partial charge is 0.217 e. The Morgan fingerprint density at radius 3 is 2.67 bits per heavy atom. The van der Waals surface area contributed by atoms with E-state index in [2.05, 4.69) is 10.5 Å². The SMILES string of the molecule is NC(=O)CCCNCC(N)=NO. The lowest BCUT2D eigenvalue weighted by molar-refractivity contribution is -0.118. The molecular weight excluding hydrogens is 160 g/mol. The zero-order chi connectivity index (χ0) is 9.40. The van der Waals surface area contributed by atoms with Gasteiger partial charge in [0.1, 0.15) is 0 Å². The summed E-state index contributed by atoms with van der Waals surface area (Å²) in [7, 11) is 0. The van der Waals surface area contributed by atoms with E-state index < -0.39 is 0 Å². The average molecular weight is 174 g/mol. The van der Waals surface area contributed by atoms with Crippen molar-refractivity contribution in [3.63, 3.8) is 0 Å². The number of carbonyl (C=O) groups excluding carboxylic acids is 1. The average Bonchev–Trinajstić information content (AvgIpc) is 2.03. The second-order valence-electron chi connectivity index (χ2n) is 2.34. The summed E-state index contributed by atoms with van der Waals surface area (Å²) in [4.78, 5) is 10.3. The molecule has 70 valence electrons. The zero-order valence-corrected chi connectivity index (χ0v) is 6.79. The minimum Gasteiger partial charge on any atom is -0.409 e. The third-order valence-corrected chi connectivity index (χ3v) is 1.21. The molecule has 0 unspecified atom stereocenters. The number of primary amides is 1. The van der Waals surface area contributed by atoms with E-state index in [1.807, 2.05) is 0 Å². The third kappa shape index (κ3) is 6.81. The molecule has 0 fully saturated rings. The van der Waals surface area contributed by atoms with Gasteiger partial charge in [0.2, 0.25) is 5.91 Å². The molecule has 0 radical (unpaired) electrons. The van der Waals surface area contributed by atoms with Crippen molar-refractivity contribution in [1.29, 1.82) is 0 Å². The van der Waals surface area contributed by atoms with Gasteiger partial charge in [-0.05, 0) is 13.0 Å². The van der Waals surface area contributed by atoms with E-state index in [9.17, 15) is 4.79 Å². The monoisotopic (exact) mass is 174 g/mol. The Hall–Kier alpha value is -1.30. The maximum Gasteiger partial charge on any atom is 0.217 e. The molecule has 0 aliphatic carbocycles. The van der Waals surface area contributed by atoms with Crippen LogP contribution in [0.15, 0.2) is 5.16 Å². The molecule has 6 nitrogen and oxygen atoms in total. The van der Waals surface area contributed by atoms with Crippen LogP contribution in [0.3, 0.4) is 0 Å². The topological polar surface area (TPSA) is 114 Å². The number of nitrogens with two attached hydrogens (primary N) is 2. The molecule has 6 N–H and O–H groups in total. The van der Waals surface area contributed by atoms with E-state index in [0.717, 1.165) is 0 Å². The molecule has 12 heavy (non-hydrogen) atoms. The minimum atomic E-state index is -0.319. The fourth-order valence-corrected chi connectivity index (χ4v) is 0.639. The number of hydrogen-bond donors (Lipinski definition) is 4. The highest BCUT2D eigenvalue weighted by molar-refractivity contribution is 5.81. The third-order valence-electron chi connectivity index (χ3n) is 1.21. The highest BCUT2D eigenvalue weighted by atomic mass is 16.4. The molecular formula is C6H14N4O2. The molecule has 0 rings (SSSR count). The van der Waals surface area contributed by atoms with Crippen LogP contribution in [0, 0.1) is 0 Å². The Morgan fingerprint density at radius 2 is 2.17 bits per heavy atom. The van der Waals surface area contributed by atoms with E-state index in [4.69, 9.17) is 16.7 Å². The predicted molar refractivity (Wildman–Crippen MR) is 44.7 cm³/mol.